The second kappa shape index (κ2) is 7.35. The van der Waals surface area contributed by atoms with Gasteiger partial charge in [0, 0.05) is 13.0 Å². The molecule has 0 saturated carbocycles. The van der Waals surface area contributed by atoms with Gasteiger partial charge in [-0.15, -0.1) is 0 Å². The van der Waals surface area contributed by atoms with Crippen molar-refractivity contribution < 1.29 is 23.1 Å². The van der Waals surface area contributed by atoms with Crippen molar-refractivity contribution in [2.45, 2.75) is 27.2 Å². The lowest BCUT2D eigenvalue weighted by atomic mass is 10.1. The second-order valence-corrected chi connectivity index (χ2v) is 7.06. The Bertz CT molecular complexity index is 388. The molecule has 18 heavy (non-hydrogen) atoms. The number of amides is 1. The molecule has 1 atom stereocenters. The Morgan fingerprint density at radius 2 is 1.78 bits per heavy atom. The summed E-state index contributed by atoms with van der Waals surface area (Å²) in [5.41, 5.74) is 0. The van der Waals surface area contributed by atoms with Gasteiger partial charge in [-0.25, -0.2) is 8.42 Å². The summed E-state index contributed by atoms with van der Waals surface area (Å²) in [6.07, 6.45) is -0.0565. The van der Waals surface area contributed by atoms with E-state index in [0.717, 1.165) is 0 Å². The van der Waals surface area contributed by atoms with Crippen LogP contribution in [0.2, 0.25) is 0 Å². The van der Waals surface area contributed by atoms with Crippen molar-refractivity contribution in [2.75, 3.05) is 18.1 Å². The summed E-state index contributed by atoms with van der Waals surface area (Å²) >= 11 is 0. The summed E-state index contributed by atoms with van der Waals surface area (Å²) in [5.74, 6) is -2.32. The van der Waals surface area contributed by atoms with Gasteiger partial charge in [0.15, 0.2) is 9.84 Å². The van der Waals surface area contributed by atoms with Gasteiger partial charge in [0.05, 0.1) is 5.75 Å². The van der Waals surface area contributed by atoms with E-state index in [9.17, 15) is 18.0 Å². The van der Waals surface area contributed by atoms with Crippen molar-refractivity contribution in [2.24, 2.45) is 11.8 Å². The summed E-state index contributed by atoms with van der Waals surface area (Å²) in [4.78, 5) is 21.8. The number of sulfone groups is 1. The second-order valence-electron chi connectivity index (χ2n) is 4.96. The van der Waals surface area contributed by atoms with Gasteiger partial charge < -0.3 is 10.4 Å². The lowest BCUT2D eigenvalue weighted by Crippen LogP contribution is -2.35. The van der Waals surface area contributed by atoms with E-state index < -0.39 is 27.5 Å². The van der Waals surface area contributed by atoms with E-state index in [2.05, 4.69) is 5.32 Å². The highest BCUT2D eigenvalue weighted by Crippen LogP contribution is 2.02. The highest BCUT2D eigenvalue weighted by molar-refractivity contribution is 7.92. The third-order valence-corrected chi connectivity index (χ3v) is 3.99. The predicted octanol–water partition coefficient (Wildman–Crippen LogP) is 0.284. The van der Waals surface area contributed by atoms with Crippen LogP contribution in [0.15, 0.2) is 0 Å². The predicted molar refractivity (Wildman–Crippen MR) is 67.9 cm³/mol. The van der Waals surface area contributed by atoms with Crippen molar-refractivity contribution in [3.8, 4) is 0 Å². The van der Waals surface area contributed by atoms with Crippen LogP contribution < -0.4 is 5.32 Å². The van der Waals surface area contributed by atoms with Crippen LogP contribution in [0.1, 0.15) is 27.2 Å². The lowest BCUT2D eigenvalue weighted by molar-refractivity contribution is -0.138. The molecule has 1 unspecified atom stereocenters. The highest BCUT2D eigenvalue weighted by atomic mass is 32.2. The lowest BCUT2D eigenvalue weighted by Gasteiger charge is -2.11. The fourth-order valence-corrected chi connectivity index (χ4v) is 3.11. The molecule has 0 aromatic carbocycles. The number of rotatable bonds is 8. The molecule has 0 radical (unpaired) electrons. The molecule has 0 aromatic rings. The molecule has 0 aliphatic heterocycles. The molecule has 0 aliphatic carbocycles. The molecule has 0 aliphatic rings. The number of carboxylic acids is 1. The number of carboxylic acid groups (broad SMARTS) is 1. The van der Waals surface area contributed by atoms with E-state index in [0.29, 0.717) is 0 Å². The summed E-state index contributed by atoms with van der Waals surface area (Å²) in [6.45, 7) is 5.38. The molecule has 7 heteroatoms. The first kappa shape index (κ1) is 16.9. The standard InChI is InChI=1S/C11H21NO5S/c1-8(2)6-18(16,17)7-10(13)12-5-9(3)4-11(14)15/h8-9H,4-7H2,1-3H3,(H,12,13)(H,14,15). The monoisotopic (exact) mass is 279 g/mol. The van der Waals surface area contributed by atoms with Crippen molar-refractivity contribution in [3.05, 3.63) is 0 Å². The van der Waals surface area contributed by atoms with Crippen LogP contribution in [-0.2, 0) is 19.4 Å². The SMILES string of the molecule is CC(C)CS(=O)(=O)CC(=O)NCC(C)CC(=O)O. The zero-order chi connectivity index (χ0) is 14.3. The first-order valence-corrected chi connectivity index (χ1v) is 7.63. The summed E-state index contributed by atoms with van der Waals surface area (Å²) in [5, 5.41) is 11.0. The molecule has 0 heterocycles. The summed E-state index contributed by atoms with van der Waals surface area (Å²) < 4.78 is 23.0. The van der Waals surface area contributed by atoms with Crippen LogP contribution in [0.4, 0.5) is 0 Å². The number of hydrogen-bond acceptors (Lipinski definition) is 4. The number of carbonyl (C=O) groups excluding carboxylic acids is 1. The van der Waals surface area contributed by atoms with E-state index in [-0.39, 0.29) is 30.6 Å². The van der Waals surface area contributed by atoms with E-state index in [1.54, 1.807) is 20.8 Å². The number of nitrogens with one attached hydrogen (secondary N) is 1. The number of carbonyl (C=O) groups is 2. The fourth-order valence-electron chi connectivity index (χ4n) is 1.48. The summed E-state index contributed by atoms with van der Waals surface area (Å²) in [7, 11) is -3.38. The average molecular weight is 279 g/mol. The van der Waals surface area contributed by atoms with Crippen LogP contribution in [0.25, 0.3) is 0 Å². The van der Waals surface area contributed by atoms with Crippen molar-refractivity contribution in [1.29, 1.82) is 0 Å². The van der Waals surface area contributed by atoms with Crippen LogP contribution >= 0.6 is 0 Å². The van der Waals surface area contributed by atoms with Crippen LogP contribution in [0, 0.1) is 11.8 Å². The van der Waals surface area contributed by atoms with Gasteiger partial charge in [0.25, 0.3) is 0 Å². The minimum atomic E-state index is -3.38. The van der Waals surface area contributed by atoms with Gasteiger partial charge in [0.1, 0.15) is 5.75 Å². The van der Waals surface area contributed by atoms with E-state index >= 15 is 0 Å². The van der Waals surface area contributed by atoms with Gasteiger partial charge in [0.2, 0.25) is 5.91 Å². The molecule has 0 aromatic heterocycles. The van der Waals surface area contributed by atoms with Crippen LogP contribution in [0.3, 0.4) is 0 Å². The summed E-state index contributed by atoms with van der Waals surface area (Å²) in [6, 6.07) is 0. The zero-order valence-corrected chi connectivity index (χ0v) is 11.8. The molecular weight excluding hydrogens is 258 g/mol. The maximum atomic E-state index is 11.5. The van der Waals surface area contributed by atoms with E-state index in [4.69, 9.17) is 5.11 Å². The van der Waals surface area contributed by atoms with Gasteiger partial charge in [-0.3, -0.25) is 9.59 Å². The Labute approximate surface area is 108 Å². The Balaban J connectivity index is 4.09. The quantitative estimate of drug-likeness (QED) is 0.665. The van der Waals surface area contributed by atoms with Gasteiger partial charge in [-0.2, -0.15) is 0 Å². The first-order chi connectivity index (χ1) is 8.12. The molecule has 0 bridgehead atoms. The smallest absolute Gasteiger partial charge is 0.303 e. The highest BCUT2D eigenvalue weighted by Gasteiger charge is 2.18. The van der Waals surface area contributed by atoms with Crippen molar-refractivity contribution >= 4 is 21.7 Å². The molecule has 0 saturated heterocycles. The largest absolute Gasteiger partial charge is 0.481 e. The molecular formula is C11H21NO5S. The third-order valence-electron chi connectivity index (χ3n) is 2.11. The minimum absolute atomic E-state index is 0.0197. The molecule has 1 amide bonds. The first-order valence-electron chi connectivity index (χ1n) is 5.81. The Kier molecular flexibility index (Phi) is 6.90. The maximum Gasteiger partial charge on any atom is 0.303 e. The molecule has 0 fully saturated rings. The molecule has 2 N–H and O–H groups in total. The minimum Gasteiger partial charge on any atom is -0.481 e. The Hall–Kier alpha value is -1.11. The van der Waals surface area contributed by atoms with Crippen LogP contribution in [0.5, 0.6) is 0 Å². The molecule has 6 nitrogen and oxygen atoms in total. The van der Waals surface area contributed by atoms with Crippen LogP contribution in [-0.4, -0.2) is 43.5 Å². The van der Waals surface area contributed by atoms with E-state index in [1.807, 2.05) is 0 Å². The normalized spacial score (nSPS) is 13.3. The van der Waals surface area contributed by atoms with Crippen molar-refractivity contribution in [3.63, 3.8) is 0 Å². The van der Waals surface area contributed by atoms with Crippen molar-refractivity contribution in [1.82, 2.24) is 5.32 Å². The van der Waals surface area contributed by atoms with E-state index in [1.165, 1.54) is 0 Å². The number of aliphatic carboxylic acids is 1. The van der Waals surface area contributed by atoms with Gasteiger partial charge in [-0.1, -0.05) is 20.8 Å². The Morgan fingerprint density at radius 1 is 1.22 bits per heavy atom. The fraction of sp³-hybridized carbons (Fsp3) is 0.818. The number of hydrogen-bond donors (Lipinski definition) is 2. The van der Waals surface area contributed by atoms with Gasteiger partial charge in [-0.05, 0) is 11.8 Å². The van der Waals surface area contributed by atoms with Gasteiger partial charge >= 0.3 is 5.97 Å². The zero-order valence-electron chi connectivity index (χ0n) is 11.0. The molecule has 0 rings (SSSR count). The maximum absolute atomic E-state index is 11.5. The topological polar surface area (TPSA) is 101 Å². The Morgan fingerprint density at radius 3 is 2.22 bits per heavy atom. The molecule has 106 valence electrons. The third kappa shape index (κ3) is 8.98. The molecule has 0 spiro atoms. The average Bonchev–Trinajstić information content (AvgIpc) is 2.10.